The highest BCUT2D eigenvalue weighted by molar-refractivity contribution is 14.0. The number of ether oxygens (including phenoxy) is 2. The van der Waals surface area contributed by atoms with E-state index in [1.807, 2.05) is 60.0 Å². The lowest BCUT2D eigenvalue weighted by atomic mass is 10.2. The van der Waals surface area contributed by atoms with E-state index < -0.39 is 0 Å². The molecule has 0 aliphatic carbocycles. The number of guanidine groups is 1. The van der Waals surface area contributed by atoms with E-state index >= 15 is 0 Å². The number of para-hydroxylation sites is 1. The summed E-state index contributed by atoms with van der Waals surface area (Å²) in [5, 5.41) is 14.7. The average Bonchev–Trinajstić information content (AvgIpc) is 3.21. The molecule has 0 bridgehead atoms. The molecule has 0 aliphatic heterocycles. The quantitative estimate of drug-likeness (QED) is 0.289. The number of nitrogens with one attached hydrogen (secondary N) is 2. The number of nitrogens with zero attached hydrogens (tertiary/aromatic N) is 4. The van der Waals surface area contributed by atoms with Crippen LogP contribution in [0.3, 0.4) is 0 Å². The third-order valence-corrected chi connectivity index (χ3v) is 4.02. The zero-order chi connectivity index (χ0) is 19.8. The molecule has 0 spiro atoms. The molecule has 1 aromatic heterocycles. The molecule has 29 heavy (non-hydrogen) atoms. The van der Waals surface area contributed by atoms with Crippen LogP contribution in [0.15, 0.2) is 59.9 Å². The lowest BCUT2D eigenvalue weighted by Crippen LogP contribution is -2.31. The van der Waals surface area contributed by atoms with Crippen LogP contribution in [0.1, 0.15) is 12.7 Å². The van der Waals surface area contributed by atoms with Gasteiger partial charge in [0.2, 0.25) is 0 Å². The number of hydrogen-bond donors (Lipinski definition) is 2. The standard InChI is InChI=1S/C20H24N6O2.HI/c1-4-28-17-11-10-15(12-18(17)27-3)24-20(21-2)22-13-19-25-23-14-26(19)16-8-6-5-7-9-16;/h5-12,14H,4,13H2,1-3H3,(H2,21,22,24);1H. The minimum atomic E-state index is 0. The van der Waals surface area contributed by atoms with Crippen molar-refractivity contribution in [1.82, 2.24) is 20.1 Å². The van der Waals surface area contributed by atoms with E-state index in [1.54, 1.807) is 20.5 Å². The van der Waals surface area contributed by atoms with Crippen LogP contribution in [-0.4, -0.2) is 41.5 Å². The molecular weight excluding hydrogens is 483 g/mol. The van der Waals surface area contributed by atoms with Crippen molar-refractivity contribution in [3.63, 3.8) is 0 Å². The fraction of sp³-hybridized carbons (Fsp3) is 0.250. The van der Waals surface area contributed by atoms with Crippen LogP contribution in [0.25, 0.3) is 5.69 Å². The van der Waals surface area contributed by atoms with E-state index in [9.17, 15) is 0 Å². The van der Waals surface area contributed by atoms with Crippen molar-refractivity contribution in [2.75, 3.05) is 26.1 Å². The van der Waals surface area contributed by atoms with Crippen molar-refractivity contribution in [3.05, 3.63) is 60.7 Å². The molecule has 3 rings (SSSR count). The Morgan fingerprint density at radius 2 is 1.93 bits per heavy atom. The Hall–Kier alpha value is -2.82. The van der Waals surface area contributed by atoms with Gasteiger partial charge < -0.3 is 20.1 Å². The van der Waals surface area contributed by atoms with Gasteiger partial charge >= 0.3 is 0 Å². The normalized spacial score (nSPS) is 10.8. The van der Waals surface area contributed by atoms with Gasteiger partial charge in [0.15, 0.2) is 23.3 Å². The van der Waals surface area contributed by atoms with Gasteiger partial charge in [-0.15, -0.1) is 34.2 Å². The number of benzene rings is 2. The van der Waals surface area contributed by atoms with Gasteiger partial charge in [0.25, 0.3) is 0 Å². The minimum Gasteiger partial charge on any atom is -0.493 e. The molecule has 0 saturated carbocycles. The van der Waals surface area contributed by atoms with Gasteiger partial charge in [-0.2, -0.15) is 0 Å². The summed E-state index contributed by atoms with van der Waals surface area (Å²) in [7, 11) is 3.33. The molecule has 8 nitrogen and oxygen atoms in total. The molecule has 9 heteroatoms. The first kappa shape index (κ1) is 22.5. The Labute approximate surface area is 187 Å². The Morgan fingerprint density at radius 3 is 2.62 bits per heavy atom. The predicted octanol–water partition coefficient (Wildman–Crippen LogP) is 3.48. The highest BCUT2D eigenvalue weighted by Gasteiger charge is 2.09. The Balaban J connectivity index is 0.00000300. The third-order valence-electron chi connectivity index (χ3n) is 4.02. The summed E-state index contributed by atoms with van der Waals surface area (Å²) in [5.74, 6) is 2.74. The average molecular weight is 508 g/mol. The van der Waals surface area contributed by atoms with Crippen molar-refractivity contribution in [2.24, 2.45) is 4.99 Å². The highest BCUT2D eigenvalue weighted by Crippen LogP contribution is 2.30. The zero-order valence-electron chi connectivity index (χ0n) is 16.6. The van der Waals surface area contributed by atoms with E-state index in [1.165, 1.54) is 0 Å². The summed E-state index contributed by atoms with van der Waals surface area (Å²) in [6.45, 7) is 2.97. The Morgan fingerprint density at radius 1 is 1.14 bits per heavy atom. The van der Waals surface area contributed by atoms with Gasteiger partial charge in [-0.3, -0.25) is 9.56 Å². The number of hydrogen-bond acceptors (Lipinski definition) is 5. The molecule has 3 aromatic rings. The molecule has 2 N–H and O–H groups in total. The second kappa shape index (κ2) is 11.2. The van der Waals surface area contributed by atoms with Crippen LogP contribution in [0.5, 0.6) is 11.5 Å². The van der Waals surface area contributed by atoms with Crippen molar-refractivity contribution in [1.29, 1.82) is 0 Å². The van der Waals surface area contributed by atoms with Gasteiger partial charge in [-0.25, -0.2) is 0 Å². The van der Waals surface area contributed by atoms with Gasteiger partial charge in [0.05, 0.1) is 20.3 Å². The lowest BCUT2D eigenvalue weighted by Gasteiger charge is -2.14. The smallest absolute Gasteiger partial charge is 0.195 e. The Bertz CT molecular complexity index is 930. The minimum absolute atomic E-state index is 0. The maximum Gasteiger partial charge on any atom is 0.195 e. The molecule has 0 unspecified atom stereocenters. The lowest BCUT2D eigenvalue weighted by molar-refractivity contribution is 0.311. The number of halogens is 1. The Kier molecular flexibility index (Phi) is 8.71. The van der Waals surface area contributed by atoms with Crippen LogP contribution in [0.4, 0.5) is 5.69 Å². The first-order valence-electron chi connectivity index (χ1n) is 8.98. The second-order valence-electron chi connectivity index (χ2n) is 5.80. The van der Waals surface area contributed by atoms with Crippen molar-refractivity contribution in [2.45, 2.75) is 13.5 Å². The van der Waals surface area contributed by atoms with E-state index in [-0.39, 0.29) is 24.0 Å². The summed E-state index contributed by atoms with van der Waals surface area (Å²) >= 11 is 0. The summed E-state index contributed by atoms with van der Waals surface area (Å²) < 4.78 is 12.9. The number of aliphatic imine (C=N–C) groups is 1. The maximum absolute atomic E-state index is 5.55. The van der Waals surface area contributed by atoms with Crippen LogP contribution in [0, 0.1) is 0 Å². The molecule has 0 atom stereocenters. The first-order valence-corrected chi connectivity index (χ1v) is 8.98. The molecular formula is C20H25IN6O2. The topological polar surface area (TPSA) is 85.6 Å². The van der Waals surface area contributed by atoms with Gasteiger partial charge in [-0.05, 0) is 31.2 Å². The van der Waals surface area contributed by atoms with E-state index in [0.29, 0.717) is 30.6 Å². The first-order chi connectivity index (χ1) is 13.7. The molecule has 0 aliphatic rings. The number of anilines is 1. The number of aromatic nitrogens is 3. The number of rotatable bonds is 7. The molecule has 0 fully saturated rings. The van der Waals surface area contributed by atoms with Crippen LogP contribution in [0.2, 0.25) is 0 Å². The summed E-state index contributed by atoms with van der Waals surface area (Å²) in [5.41, 5.74) is 1.83. The van der Waals surface area contributed by atoms with Crippen molar-refractivity contribution < 1.29 is 9.47 Å². The maximum atomic E-state index is 5.55. The largest absolute Gasteiger partial charge is 0.493 e. The second-order valence-corrected chi connectivity index (χ2v) is 5.80. The summed E-state index contributed by atoms with van der Waals surface area (Å²) in [4.78, 5) is 4.26. The molecule has 0 saturated heterocycles. The predicted molar refractivity (Wildman–Crippen MR) is 125 cm³/mol. The third kappa shape index (κ3) is 5.83. The van der Waals surface area contributed by atoms with Gasteiger partial charge in [-0.1, -0.05) is 18.2 Å². The van der Waals surface area contributed by atoms with E-state index in [4.69, 9.17) is 9.47 Å². The molecule has 0 amide bonds. The van der Waals surface area contributed by atoms with Crippen LogP contribution in [-0.2, 0) is 6.54 Å². The highest BCUT2D eigenvalue weighted by atomic mass is 127. The van der Waals surface area contributed by atoms with Crippen LogP contribution < -0.4 is 20.1 Å². The molecule has 1 heterocycles. The fourth-order valence-corrected chi connectivity index (χ4v) is 2.68. The molecule has 0 radical (unpaired) electrons. The summed E-state index contributed by atoms with van der Waals surface area (Å²) in [6.07, 6.45) is 1.69. The van der Waals surface area contributed by atoms with Crippen molar-refractivity contribution >= 4 is 35.6 Å². The number of methoxy groups -OCH3 is 1. The monoisotopic (exact) mass is 508 g/mol. The molecule has 154 valence electrons. The van der Waals surface area contributed by atoms with Crippen LogP contribution >= 0.6 is 24.0 Å². The fourth-order valence-electron chi connectivity index (χ4n) is 2.68. The van der Waals surface area contributed by atoms with E-state index in [2.05, 4.69) is 25.8 Å². The van der Waals surface area contributed by atoms with Crippen molar-refractivity contribution in [3.8, 4) is 17.2 Å². The van der Waals surface area contributed by atoms with E-state index in [0.717, 1.165) is 17.2 Å². The van der Waals surface area contributed by atoms with Gasteiger partial charge in [0.1, 0.15) is 6.33 Å². The SMILES string of the molecule is CCOc1ccc(NC(=NC)NCc2nncn2-c2ccccc2)cc1OC.I. The summed E-state index contributed by atoms with van der Waals surface area (Å²) in [6, 6.07) is 15.6. The molecule has 2 aromatic carbocycles. The van der Waals surface area contributed by atoms with Gasteiger partial charge in [0, 0.05) is 24.5 Å². The zero-order valence-corrected chi connectivity index (χ0v) is 19.0.